The minimum absolute atomic E-state index is 0.0176. The van der Waals surface area contributed by atoms with E-state index in [-0.39, 0.29) is 36.5 Å². The van der Waals surface area contributed by atoms with Gasteiger partial charge in [-0.1, -0.05) is 11.6 Å². The van der Waals surface area contributed by atoms with E-state index in [0.717, 1.165) is 88.4 Å². The number of amides is 5. The van der Waals surface area contributed by atoms with Crippen molar-refractivity contribution in [1.29, 1.82) is 5.26 Å². The standard InChI is InChI=1S/C40H42ClN9O6/c41-33-20-30(5-1-24(33)21-42)56-29-6-2-26(3-7-29)45-36(52)25-22-43-40(44-23-25)49-13-11-27(12-14-49)47-15-17-48(18-16-47)28-4-8-31-32(19-28)39(55)50(38(31)54)34-9-10-35(51)46-37(34)53/h1,4-5,8,19-20,22-23,26-27,29,34H,2-3,6-7,9-18H2,(H,45,52)(H,46,51,53). The van der Waals surface area contributed by atoms with Crippen LogP contribution in [-0.4, -0.2) is 113 Å². The van der Waals surface area contributed by atoms with Crippen LogP contribution in [0.4, 0.5) is 11.6 Å². The number of nitriles is 1. The lowest BCUT2D eigenvalue weighted by Gasteiger charge is -2.43. The molecule has 8 rings (SSSR count). The van der Waals surface area contributed by atoms with Gasteiger partial charge in [0.15, 0.2) is 0 Å². The summed E-state index contributed by atoms with van der Waals surface area (Å²) < 4.78 is 6.08. The molecule has 3 saturated heterocycles. The molecule has 1 unspecified atom stereocenters. The van der Waals surface area contributed by atoms with Gasteiger partial charge in [0.2, 0.25) is 17.8 Å². The summed E-state index contributed by atoms with van der Waals surface area (Å²) in [6.07, 6.45) is 8.50. The number of anilines is 2. The third-order valence-electron chi connectivity index (χ3n) is 11.6. The SMILES string of the molecule is N#Cc1ccc(OC2CCC(NC(=O)c3cnc(N4CCC(N5CCN(c6ccc7c(c6)C(=O)N(C6CCC(=O)NC6=O)C7=O)CC5)CC4)nc3)CC2)cc1Cl. The first kappa shape index (κ1) is 37.3. The Morgan fingerprint density at radius 3 is 2.23 bits per heavy atom. The van der Waals surface area contributed by atoms with Crippen molar-refractivity contribution >= 4 is 52.8 Å². The molecule has 3 aromatic rings. The average Bonchev–Trinajstić information content (AvgIpc) is 3.46. The number of ether oxygens (including phenoxy) is 1. The van der Waals surface area contributed by atoms with E-state index >= 15 is 0 Å². The number of carbonyl (C=O) groups excluding carboxylic acids is 5. The summed E-state index contributed by atoms with van der Waals surface area (Å²) >= 11 is 6.14. The lowest BCUT2D eigenvalue weighted by Crippen LogP contribution is -2.54. The third kappa shape index (κ3) is 7.63. The largest absolute Gasteiger partial charge is 0.490 e. The van der Waals surface area contributed by atoms with E-state index < -0.39 is 29.7 Å². The second-order valence-corrected chi connectivity index (χ2v) is 15.4. The van der Waals surface area contributed by atoms with Crippen molar-refractivity contribution in [1.82, 2.24) is 30.4 Å². The monoisotopic (exact) mass is 779 g/mol. The van der Waals surface area contributed by atoms with E-state index in [2.05, 4.69) is 35.3 Å². The maximum atomic E-state index is 13.3. The van der Waals surface area contributed by atoms with Gasteiger partial charge in [-0.2, -0.15) is 5.26 Å². The lowest BCUT2D eigenvalue weighted by atomic mass is 9.92. The van der Waals surface area contributed by atoms with Gasteiger partial charge >= 0.3 is 0 Å². The molecule has 1 atom stereocenters. The van der Waals surface area contributed by atoms with Crippen LogP contribution in [0.1, 0.15) is 88.0 Å². The van der Waals surface area contributed by atoms with E-state index in [1.165, 1.54) is 0 Å². The molecule has 0 bridgehead atoms. The summed E-state index contributed by atoms with van der Waals surface area (Å²) in [6.45, 7) is 4.87. The molecule has 0 radical (unpaired) electrons. The molecule has 5 aliphatic rings. The van der Waals surface area contributed by atoms with Crippen molar-refractivity contribution in [3.8, 4) is 11.8 Å². The minimum Gasteiger partial charge on any atom is -0.490 e. The van der Waals surface area contributed by atoms with E-state index in [0.29, 0.717) is 39.5 Å². The topological polar surface area (TPSA) is 181 Å². The number of hydrogen-bond acceptors (Lipinski definition) is 12. The first-order valence-electron chi connectivity index (χ1n) is 19.2. The summed E-state index contributed by atoms with van der Waals surface area (Å²) in [6, 6.07) is 11.9. The number of hydrogen-bond donors (Lipinski definition) is 2. The molecule has 0 spiro atoms. The first-order chi connectivity index (χ1) is 27.1. The van der Waals surface area contributed by atoms with Crippen LogP contribution in [0.15, 0.2) is 48.8 Å². The summed E-state index contributed by atoms with van der Waals surface area (Å²) in [4.78, 5) is 80.5. The summed E-state index contributed by atoms with van der Waals surface area (Å²) in [7, 11) is 0. The molecule has 4 aliphatic heterocycles. The van der Waals surface area contributed by atoms with Crippen molar-refractivity contribution in [3.05, 3.63) is 76.1 Å². The number of piperazine rings is 1. The number of piperidine rings is 2. The van der Waals surface area contributed by atoms with Gasteiger partial charge in [-0.05, 0) is 75.3 Å². The van der Waals surface area contributed by atoms with Crippen LogP contribution in [0.25, 0.3) is 0 Å². The highest BCUT2D eigenvalue weighted by Gasteiger charge is 2.45. The van der Waals surface area contributed by atoms with Crippen LogP contribution in [-0.2, 0) is 9.59 Å². The highest BCUT2D eigenvalue weighted by Crippen LogP contribution is 2.32. The fraction of sp³-hybridized carbons (Fsp3) is 0.450. The van der Waals surface area contributed by atoms with Gasteiger partial charge in [-0.15, -0.1) is 0 Å². The van der Waals surface area contributed by atoms with Gasteiger partial charge in [0.1, 0.15) is 17.9 Å². The molecule has 1 aromatic heterocycles. The highest BCUT2D eigenvalue weighted by atomic mass is 35.5. The summed E-state index contributed by atoms with van der Waals surface area (Å²) in [5.41, 5.74) is 2.28. The molecule has 56 heavy (non-hydrogen) atoms. The average molecular weight is 780 g/mol. The highest BCUT2D eigenvalue weighted by molar-refractivity contribution is 6.31. The van der Waals surface area contributed by atoms with E-state index in [1.54, 1.807) is 42.7 Å². The fourth-order valence-corrected chi connectivity index (χ4v) is 8.69. The number of fused-ring (bicyclic) bond motifs is 1. The Hall–Kier alpha value is -5.59. The molecular weight excluding hydrogens is 738 g/mol. The van der Waals surface area contributed by atoms with Crippen molar-refractivity contribution in [3.63, 3.8) is 0 Å². The van der Waals surface area contributed by atoms with Gasteiger partial charge in [0, 0.05) is 81.9 Å². The Morgan fingerprint density at radius 2 is 1.55 bits per heavy atom. The van der Waals surface area contributed by atoms with Gasteiger partial charge in [-0.3, -0.25) is 39.1 Å². The van der Waals surface area contributed by atoms with Crippen LogP contribution in [0.5, 0.6) is 5.75 Å². The zero-order chi connectivity index (χ0) is 38.9. The first-order valence-corrected chi connectivity index (χ1v) is 19.6. The van der Waals surface area contributed by atoms with E-state index in [9.17, 15) is 24.0 Å². The Balaban J connectivity index is 0.772. The Morgan fingerprint density at radius 1 is 0.839 bits per heavy atom. The van der Waals surface area contributed by atoms with Gasteiger partial charge in [0.25, 0.3) is 17.7 Å². The molecule has 4 fully saturated rings. The molecule has 2 aromatic carbocycles. The van der Waals surface area contributed by atoms with Gasteiger partial charge < -0.3 is 19.9 Å². The fourth-order valence-electron chi connectivity index (χ4n) is 8.48. The zero-order valence-corrected chi connectivity index (χ0v) is 31.5. The maximum absolute atomic E-state index is 13.3. The maximum Gasteiger partial charge on any atom is 0.262 e. The Bertz CT molecular complexity index is 2080. The van der Waals surface area contributed by atoms with Gasteiger partial charge in [0.05, 0.1) is 33.4 Å². The molecule has 5 heterocycles. The van der Waals surface area contributed by atoms with Crippen molar-refractivity contribution in [2.24, 2.45) is 0 Å². The number of halogens is 1. The van der Waals surface area contributed by atoms with Crippen molar-refractivity contribution < 1.29 is 28.7 Å². The molecule has 5 amide bonds. The predicted octanol–water partition coefficient (Wildman–Crippen LogP) is 3.31. The number of nitrogens with zero attached hydrogens (tertiary/aromatic N) is 7. The predicted molar refractivity (Wildman–Crippen MR) is 204 cm³/mol. The normalized spacial score (nSPS) is 23.4. The summed E-state index contributed by atoms with van der Waals surface area (Å²) in [5, 5.41) is 14.8. The quantitative estimate of drug-likeness (QED) is 0.319. The lowest BCUT2D eigenvalue weighted by molar-refractivity contribution is -0.136. The van der Waals surface area contributed by atoms with Crippen molar-refractivity contribution in [2.45, 2.75) is 75.6 Å². The van der Waals surface area contributed by atoms with Crippen molar-refractivity contribution in [2.75, 3.05) is 49.1 Å². The molecule has 1 saturated carbocycles. The smallest absolute Gasteiger partial charge is 0.262 e. The third-order valence-corrected chi connectivity index (χ3v) is 12.0. The number of carbonyl (C=O) groups is 5. The zero-order valence-electron chi connectivity index (χ0n) is 30.8. The second kappa shape index (κ2) is 15.9. The Labute approximate surface area is 328 Å². The Kier molecular flexibility index (Phi) is 10.6. The van der Waals surface area contributed by atoms with Crippen LogP contribution >= 0.6 is 11.6 Å². The van der Waals surface area contributed by atoms with Crippen LogP contribution in [0.2, 0.25) is 5.02 Å². The minimum atomic E-state index is -0.982. The number of benzene rings is 2. The molecule has 15 nitrogen and oxygen atoms in total. The second-order valence-electron chi connectivity index (χ2n) is 15.0. The number of rotatable bonds is 8. The van der Waals surface area contributed by atoms with Crippen LogP contribution < -0.4 is 25.2 Å². The van der Waals surface area contributed by atoms with E-state index in [1.807, 2.05) is 12.1 Å². The number of imide groups is 2. The molecule has 16 heteroatoms. The van der Waals surface area contributed by atoms with Crippen LogP contribution in [0.3, 0.4) is 0 Å². The van der Waals surface area contributed by atoms with Gasteiger partial charge in [-0.25, -0.2) is 9.97 Å². The molecular formula is C40H42ClN9O6. The number of aromatic nitrogens is 2. The number of nitrogens with one attached hydrogen (secondary N) is 2. The summed E-state index contributed by atoms with van der Waals surface area (Å²) in [5.74, 6) is -0.946. The van der Waals surface area contributed by atoms with E-state index in [4.69, 9.17) is 21.6 Å². The molecule has 1 aliphatic carbocycles. The molecule has 290 valence electrons. The van der Waals surface area contributed by atoms with Crippen LogP contribution in [0, 0.1) is 11.3 Å². The molecule has 2 N–H and O–H groups in total.